The van der Waals surface area contributed by atoms with Crippen LogP contribution in [0.1, 0.15) is 12.5 Å². The van der Waals surface area contributed by atoms with Crippen LogP contribution in [-0.4, -0.2) is 28.0 Å². The zero-order valence-electron chi connectivity index (χ0n) is 10.5. The van der Waals surface area contributed by atoms with Crippen LogP contribution in [0.15, 0.2) is 35.9 Å². The molecule has 1 aliphatic heterocycles. The second-order valence-electron chi connectivity index (χ2n) is 4.25. The standard InChI is InChI=1S/C14H14O4S/c1-9(15)19-8-11(14(16)17)7-12-6-10-4-2-3-5-13(10)18-12/h2-5,7,12H,6,8H2,1H3,(H,16,17)/b11-7+. The summed E-state index contributed by atoms with van der Waals surface area (Å²) in [4.78, 5) is 22.0. The first-order chi connectivity index (χ1) is 9.06. The molecule has 0 fully saturated rings. The lowest BCUT2D eigenvalue weighted by molar-refractivity contribution is -0.132. The third kappa shape index (κ3) is 3.61. The summed E-state index contributed by atoms with van der Waals surface area (Å²) >= 11 is 0.991. The van der Waals surface area contributed by atoms with Crippen molar-refractivity contribution < 1.29 is 19.4 Å². The monoisotopic (exact) mass is 278 g/mol. The quantitative estimate of drug-likeness (QED) is 0.856. The molecule has 100 valence electrons. The van der Waals surface area contributed by atoms with Crippen LogP contribution in [0.2, 0.25) is 0 Å². The molecule has 1 aromatic carbocycles. The van der Waals surface area contributed by atoms with E-state index in [9.17, 15) is 9.59 Å². The molecule has 5 heteroatoms. The van der Waals surface area contributed by atoms with Gasteiger partial charge in [0.05, 0.1) is 0 Å². The smallest absolute Gasteiger partial charge is 0.332 e. The molecule has 1 unspecified atom stereocenters. The van der Waals surface area contributed by atoms with E-state index >= 15 is 0 Å². The van der Waals surface area contributed by atoms with Crippen molar-refractivity contribution in [2.45, 2.75) is 19.4 Å². The third-order valence-corrected chi connectivity index (χ3v) is 3.63. The summed E-state index contributed by atoms with van der Waals surface area (Å²) in [5, 5.41) is 9.02. The minimum atomic E-state index is -1.01. The van der Waals surface area contributed by atoms with Gasteiger partial charge in [-0.1, -0.05) is 30.0 Å². The molecule has 1 heterocycles. The van der Waals surface area contributed by atoms with Crippen LogP contribution in [-0.2, 0) is 16.0 Å². The Labute approximate surface area is 115 Å². The Morgan fingerprint density at radius 1 is 1.47 bits per heavy atom. The van der Waals surface area contributed by atoms with E-state index in [1.54, 1.807) is 6.08 Å². The normalized spacial score (nSPS) is 17.7. The van der Waals surface area contributed by atoms with Crippen LogP contribution in [0.25, 0.3) is 0 Å². The number of hydrogen-bond acceptors (Lipinski definition) is 4. The molecule has 0 bridgehead atoms. The number of fused-ring (bicyclic) bond motifs is 1. The van der Waals surface area contributed by atoms with Crippen LogP contribution in [0.4, 0.5) is 0 Å². The predicted molar refractivity (Wildman–Crippen MR) is 73.4 cm³/mol. The fourth-order valence-corrected chi connectivity index (χ4v) is 2.47. The molecule has 2 rings (SSSR count). The molecule has 1 N–H and O–H groups in total. The summed E-state index contributed by atoms with van der Waals surface area (Å²) in [6.45, 7) is 1.42. The molecule has 0 spiro atoms. The number of carboxylic acid groups (broad SMARTS) is 1. The lowest BCUT2D eigenvalue weighted by Gasteiger charge is -2.07. The van der Waals surface area contributed by atoms with Gasteiger partial charge in [0, 0.05) is 24.7 Å². The first-order valence-electron chi connectivity index (χ1n) is 5.88. The van der Waals surface area contributed by atoms with E-state index in [4.69, 9.17) is 9.84 Å². The average molecular weight is 278 g/mol. The van der Waals surface area contributed by atoms with Gasteiger partial charge in [-0.3, -0.25) is 4.79 Å². The summed E-state index contributed by atoms with van der Waals surface area (Å²) in [7, 11) is 0. The highest BCUT2D eigenvalue weighted by Gasteiger charge is 2.22. The van der Waals surface area contributed by atoms with Gasteiger partial charge in [0.1, 0.15) is 11.9 Å². The van der Waals surface area contributed by atoms with Gasteiger partial charge in [-0.05, 0) is 17.7 Å². The Kier molecular flexibility index (Phi) is 4.27. The molecule has 0 amide bonds. The van der Waals surface area contributed by atoms with Crippen molar-refractivity contribution in [3.05, 3.63) is 41.5 Å². The Morgan fingerprint density at radius 3 is 2.84 bits per heavy atom. The minimum absolute atomic E-state index is 0.0947. The first kappa shape index (κ1) is 13.7. The highest BCUT2D eigenvalue weighted by molar-refractivity contribution is 8.13. The largest absolute Gasteiger partial charge is 0.486 e. The summed E-state index contributed by atoms with van der Waals surface area (Å²) in [6.07, 6.45) is 1.99. The van der Waals surface area contributed by atoms with E-state index in [1.807, 2.05) is 24.3 Å². The van der Waals surface area contributed by atoms with E-state index < -0.39 is 5.97 Å². The van der Waals surface area contributed by atoms with Crippen molar-refractivity contribution in [2.24, 2.45) is 0 Å². The van der Waals surface area contributed by atoms with Gasteiger partial charge in [0.15, 0.2) is 5.12 Å². The first-order valence-corrected chi connectivity index (χ1v) is 6.86. The van der Waals surface area contributed by atoms with Gasteiger partial charge in [-0.2, -0.15) is 0 Å². The van der Waals surface area contributed by atoms with Gasteiger partial charge in [-0.25, -0.2) is 4.79 Å². The van der Waals surface area contributed by atoms with Crippen LogP contribution >= 0.6 is 11.8 Å². The van der Waals surface area contributed by atoms with E-state index in [2.05, 4.69) is 0 Å². The SMILES string of the molecule is CC(=O)SC/C(=C\C1Cc2ccccc2O1)C(=O)O. The van der Waals surface area contributed by atoms with E-state index in [-0.39, 0.29) is 22.5 Å². The van der Waals surface area contributed by atoms with Crippen molar-refractivity contribution in [3.8, 4) is 5.75 Å². The van der Waals surface area contributed by atoms with E-state index in [0.717, 1.165) is 23.1 Å². The molecule has 19 heavy (non-hydrogen) atoms. The van der Waals surface area contributed by atoms with Crippen molar-refractivity contribution in [1.29, 1.82) is 0 Å². The summed E-state index contributed by atoms with van der Waals surface area (Å²) in [5.74, 6) is -0.0399. The van der Waals surface area contributed by atoms with Crippen molar-refractivity contribution in [2.75, 3.05) is 5.75 Å². The summed E-state index contributed by atoms with van der Waals surface area (Å²) < 4.78 is 5.66. The van der Waals surface area contributed by atoms with Crippen molar-refractivity contribution in [3.63, 3.8) is 0 Å². The number of carboxylic acids is 1. The highest BCUT2D eigenvalue weighted by atomic mass is 32.2. The predicted octanol–water partition coefficient (Wildman–Crippen LogP) is 2.28. The van der Waals surface area contributed by atoms with Gasteiger partial charge in [-0.15, -0.1) is 0 Å². The molecule has 1 aliphatic rings. The fraction of sp³-hybridized carbons (Fsp3) is 0.286. The van der Waals surface area contributed by atoms with E-state index in [0.29, 0.717) is 6.42 Å². The summed E-state index contributed by atoms with van der Waals surface area (Å²) in [6, 6.07) is 7.65. The van der Waals surface area contributed by atoms with Gasteiger partial charge in [0.25, 0.3) is 0 Å². The number of carbonyl (C=O) groups excluding carboxylic acids is 1. The minimum Gasteiger partial charge on any atom is -0.486 e. The van der Waals surface area contributed by atoms with Gasteiger partial charge >= 0.3 is 5.97 Å². The lowest BCUT2D eigenvalue weighted by atomic mass is 10.1. The number of benzene rings is 1. The maximum absolute atomic E-state index is 11.1. The number of hydrogen-bond donors (Lipinski definition) is 1. The second kappa shape index (κ2) is 5.93. The number of ether oxygens (including phenoxy) is 1. The average Bonchev–Trinajstić information content (AvgIpc) is 2.76. The van der Waals surface area contributed by atoms with Crippen LogP contribution in [0.3, 0.4) is 0 Å². The maximum atomic E-state index is 11.1. The van der Waals surface area contributed by atoms with E-state index in [1.165, 1.54) is 6.92 Å². The molecule has 0 radical (unpaired) electrons. The van der Waals surface area contributed by atoms with Gasteiger partial charge < -0.3 is 9.84 Å². The zero-order valence-corrected chi connectivity index (χ0v) is 11.3. The molecule has 0 aliphatic carbocycles. The molecular formula is C14H14O4S. The van der Waals surface area contributed by atoms with Gasteiger partial charge in [0.2, 0.25) is 0 Å². The second-order valence-corrected chi connectivity index (χ2v) is 5.40. The number of rotatable bonds is 4. The molecular weight excluding hydrogens is 264 g/mol. The zero-order chi connectivity index (χ0) is 13.8. The molecule has 4 nitrogen and oxygen atoms in total. The Bertz CT molecular complexity index is 511. The number of para-hydroxylation sites is 1. The number of carbonyl (C=O) groups is 2. The fourth-order valence-electron chi connectivity index (χ4n) is 1.89. The Morgan fingerprint density at radius 2 is 2.21 bits per heavy atom. The number of thioether (sulfide) groups is 1. The summed E-state index contributed by atoms with van der Waals surface area (Å²) in [5.41, 5.74) is 1.28. The topological polar surface area (TPSA) is 63.6 Å². The highest BCUT2D eigenvalue weighted by Crippen LogP contribution is 2.29. The van der Waals surface area contributed by atoms with Crippen LogP contribution in [0, 0.1) is 0 Å². The number of aliphatic carboxylic acids is 1. The van der Waals surface area contributed by atoms with Crippen LogP contribution < -0.4 is 4.74 Å². The maximum Gasteiger partial charge on any atom is 0.332 e. The molecule has 0 saturated heterocycles. The lowest BCUT2D eigenvalue weighted by Crippen LogP contribution is -2.14. The van der Waals surface area contributed by atoms with Crippen LogP contribution in [0.5, 0.6) is 5.75 Å². The Hall–Kier alpha value is -1.75. The third-order valence-electron chi connectivity index (χ3n) is 2.76. The molecule has 1 aromatic rings. The molecule has 0 aromatic heterocycles. The molecule has 1 atom stereocenters. The van der Waals surface area contributed by atoms with Crippen molar-refractivity contribution in [1.82, 2.24) is 0 Å². The molecule has 0 saturated carbocycles. The van der Waals surface area contributed by atoms with Crippen molar-refractivity contribution >= 4 is 22.8 Å². The Balaban J connectivity index is 2.07.